The van der Waals surface area contributed by atoms with Gasteiger partial charge in [0.2, 0.25) is 0 Å². The number of aryl methyl sites for hydroxylation is 1. The molecule has 0 spiro atoms. The molecule has 0 aromatic heterocycles. The molecule has 1 amide bonds. The van der Waals surface area contributed by atoms with Crippen LogP contribution in [-0.4, -0.2) is 12.5 Å². The number of nitrogens with zero attached hydrogens (tertiary/aromatic N) is 1. The van der Waals surface area contributed by atoms with E-state index in [4.69, 9.17) is 5.26 Å². The Labute approximate surface area is 155 Å². The van der Waals surface area contributed by atoms with Gasteiger partial charge in [-0.1, -0.05) is 42.0 Å². The van der Waals surface area contributed by atoms with Crippen LogP contribution in [-0.2, 0) is 17.4 Å². The van der Waals surface area contributed by atoms with Crippen LogP contribution in [0.3, 0.4) is 0 Å². The van der Waals surface area contributed by atoms with Gasteiger partial charge >= 0.3 is 6.18 Å². The van der Waals surface area contributed by atoms with Gasteiger partial charge in [0.05, 0.1) is 11.3 Å². The van der Waals surface area contributed by atoms with Gasteiger partial charge in [0, 0.05) is 12.7 Å². The molecular formula is C20H18F3N3O. The molecule has 2 aromatic rings. The van der Waals surface area contributed by atoms with Crippen molar-refractivity contribution in [2.45, 2.75) is 19.5 Å². The standard InChI is InChI=1S/C20H18F3N3O/c1-14-6-8-15(9-7-14)10-11-25-13-16(12-24)19(27)26-18-5-3-2-4-17(18)20(21,22)23/h2-9,13,25H,10-11H2,1H3,(H,26,27)/b16-13-. The lowest BCUT2D eigenvalue weighted by atomic mass is 10.1. The Balaban J connectivity index is 1.99. The number of carbonyl (C=O) groups is 1. The zero-order valence-corrected chi connectivity index (χ0v) is 14.6. The molecule has 0 heterocycles. The number of nitrogens with one attached hydrogen (secondary N) is 2. The summed E-state index contributed by atoms with van der Waals surface area (Å²) in [5, 5.41) is 14.1. The van der Waals surface area contributed by atoms with Crippen LogP contribution < -0.4 is 10.6 Å². The van der Waals surface area contributed by atoms with Crippen molar-refractivity contribution in [1.82, 2.24) is 5.32 Å². The molecule has 0 unspecified atom stereocenters. The summed E-state index contributed by atoms with van der Waals surface area (Å²) in [5.74, 6) is -0.906. The molecule has 0 atom stereocenters. The number of hydrogen-bond donors (Lipinski definition) is 2. The Bertz CT molecular complexity index is 865. The first-order chi connectivity index (χ1) is 12.8. The van der Waals surface area contributed by atoms with Crippen LogP contribution in [0.25, 0.3) is 0 Å². The van der Waals surface area contributed by atoms with Crippen molar-refractivity contribution in [3.63, 3.8) is 0 Å². The molecule has 0 aliphatic carbocycles. The lowest BCUT2D eigenvalue weighted by Gasteiger charge is -2.13. The van der Waals surface area contributed by atoms with Gasteiger partial charge in [0.15, 0.2) is 0 Å². The number of amides is 1. The molecule has 0 saturated heterocycles. The zero-order chi connectivity index (χ0) is 19.9. The molecule has 0 bridgehead atoms. The van der Waals surface area contributed by atoms with E-state index in [1.165, 1.54) is 18.3 Å². The first kappa shape index (κ1) is 20.0. The summed E-state index contributed by atoms with van der Waals surface area (Å²) in [6.07, 6.45) is -2.72. The van der Waals surface area contributed by atoms with Crippen LogP contribution in [0, 0.1) is 18.3 Å². The largest absolute Gasteiger partial charge is 0.418 e. The minimum Gasteiger partial charge on any atom is -0.389 e. The van der Waals surface area contributed by atoms with Crippen molar-refractivity contribution in [3.8, 4) is 6.07 Å². The van der Waals surface area contributed by atoms with E-state index >= 15 is 0 Å². The molecule has 2 aromatic carbocycles. The number of halogens is 3. The number of alkyl halides is 3. The van der Waals surface area contributed by atoms with Crippen molar-refractivity contribution in [1.29, 1.82) is 5.26 Å². The van der Waals surface area contributed by atoms with E-state index < -0.39 is 23.3 Å². The number of anilines is 1. The Morgan fingerprint density at radius 3 is 2.44 bits per heavy atom. The lowest BCUT2D eigenvalue weighted by molar-refractivity contribution is -0.137. The maximum Gasteiger partial charge on any atom is 0.418 e. The fraction of sp³-hybridized carbons (Fsp3) is 0.200. The summed E-state index contributed by atoms with van der Waals surface area (Å²) in [7, 11) is 0. The first-order valence-corrected chi connectivity index (χ1v) is 8.18. The van der Waals surface area contributed by atoms with Gasteiger partial charge in [-0.15, -0.1) is 0 Å². The van der Waals surface area contributed by atoms with E-state index in [2.05, 4.69) is 10.6 Å². The summed E-state index contributed by atoms with van der Waals surface area (Å²) in [5.41, 5.74) is 0.562. The van der Waals surface area contributed by atoms with Crippen molar-refractivity contribution >= 4 is 11.6 Å². The van der Waals surface area contributed by atoms with Gasteiger partial charge in [-0.05, 0) is 31.0 Å². The van der Waals surface area contributed by atoms with Crippen LogP contribution in [0.1, 0.15) is 16.7 Å². The molecule has 2 rings (SSSR count). The first-order valence-electron chi connectivity index (χ1n) is 8.18. The molecule has 4 nitrogen and oxygen atoms in total. The third-order valence-electron chi connectivity index (χ3n) is 3.77. The monoisotopic (exact) mass is 373 g/mol. The molecule has 0 radical (unpaired) electrons. The average Bonchev–Trinajstić information content (AvgIpc) is 2.62. The Kier molecular flexibility index (Phi) is 6.61. The second kappa shape index (κ2) is 8.90. The second-order valence-corrected chi connectivity index (χ2v) is 5.86. The van der Waals surface area contributed by atoms with Gasteiger partial charge in [0.1, 0.15) is 11.6 Å². The number of benzene rings is 2. The van der Waals surface area contributed by atoms with Gasteiger partial charge in [0.25, 0.3) is 5.91 Å². The highest BCUT2D eigenvalue weighted by atomic mass is 19.4. The topological polar surface area (TPSA) is 64.9 Å². The summed E-state index contributed by atoms with van der Waals surface area (Å²) in [6, 6.07) is 14.2. The van der Waals surface area contributed by atoms with Gasteiger partial charge in [-0.3, -0.25) is 4.79 Å². The predicted molar refractivity (Wildman–Crippen MR) is 96.7 cm³/mol. The Hall–Kier alpha value is -3.27. The quantitative estimate of drug-likeness (QED) is 0.453. The third-order valence-corrected chi connectivity index (χ3v) is 3.77. The summed E-state index contributed by atoms with van der Waals surface area (Å²) >= 11 is 0. The molecule has 0 aliphatic rings. The number of para-hydroxylation sites is 1. The highest BCUT2D eigenvalue weighted by Gasteiger charge is 2.33. The van der Waals surface area contributed by atoms with E-state index in [1.54, 1.807) is 6.07 Å². The summed E-state index contributed by atoms with van der Waals surface area (Å²) in [4.78, 5) is 12.1. The van der Waals surface area contributed by atoms with E-state index in [1.807, 2.05) is 31.2 Å². The predicted octanol–water partition coefficient (Wildman–Crippen LogP) is 4.19. The van der Waals surface area contributed by atoms with Gasteiger partial charge in [-0.2, -0.15) is 18.4 Å². The number of carbonyl (C=O) groups excluding carboxylic acids is 1. The minimum atomic E-state index is -4.60. The maximum atomic E-state index is 13.0. The third kappa shape index (κ3) is 5.89. The highest BCUT2D eigenvalue weighted by Crippen LogP contribution is 2.34. The molecule has 0 aliphatic heterocycles. The normalized spacial score (nSPS) is 11.6. The summed E-state index contributed by atoms with van der Waals surface area (Å²) in [6.45, 7) is 2.46. The fourth-order valence-electron chi connectivity index (χ4n) is 2.32. The Morgan fingerprint density at radius 1 is 1.15 bits per heavy atom. The average molecular weight is 373 g/mol. The van der Waals surface area contributed by atoms with E-state index in [-0.39, 0.29) is 5.57 Å². The maximum absolute atomic E-state index is 13.0. The number of nitriles is 1. The van der Waals surface area contributed by atoms with Crippen molar-refractivity contribution in [3.05, 3.63) is 77.0 Å². The van der Waals surface area contributed by atoms with Crippen LogP contribution in [0.4, 0.5) is 18.9 Å². The smallest absolute Gasteiger partial charge is 0.389 e. The van der Waals surface area contributed by atoms with E-state index in [0.717, 1.165) is 23.3 Å². The van der Waals surface area contributed by atoms with Crippen molar-refractivity contribution in [2.24, 2.45) is 0 Å². The molecule has 140 valence electrons. The van der Waals surface area contributed by atoms with Crippen LogP contribution in [0.15, 0.2) is 60.3 Å². The van der Waals surface area contributed by atoms with Gasteiger partial charge < -0.3 is 10.6 Å². The van der Waals surface area contributed by atoms with Crippen molar-refractivity contribution in [2.75, 3.05) is 11.9 Å². The molecule has 0 fully saturated rings. The number of rotatable bonds is 6. The molecular weight excluding hydrogens is 355 g/mol. The summed E-state index contributed by atoms with van der Waals surface area (Å²) < 4.78 is 38.9. The SMILES string of the molecule is Cc1ccc(CCN/C=C(/C#N)C(=O)Nc2ccccc2C(F)(F)F)cc1. The second-order valence-electron chi connectivity index (χ2n) is 5.86. The lowest BCUT2D eigenvalue weighted by Crippen LogP contribution is -2.20. The molecule has 27 heavy (non-hydrogen) atoms. The highest BCUT2D eigenvalue weighted by molar-refractivity contribution is 6.06. The van der Waals surface area contributed by atoms with Crippen LogP contribution in [0.2, 0.25) is 0 Å². The molecule has 7 heteroatoms. The van der Waals surface area contributed by atoms with E-state index in [0.29, 0.717) is 13.0 Å². The van der Waals surface area contributed by atoms with Crippen LogP contribution >= 0.6 is 0 Å². The molecule has 2 N–H and O–H groups in total. The Morgan fingerprint density at radius 2 is 1.81 bits per heavy atom. The number of hydrogen-bond acceptors (Lipinski definition) is 3. The fourth-order valence-corrected chi connectivity index (χ4v) is 2.32. The minimum absolute atomic E-state index is 0.309. The van der Waals surface area contributed by atoms with Crippen LogP contribution in [0.5, 0.6) is 0 Å². The molecule has 0 saturated carbocycles. The van der Waals surface area contributed by atoms with Crippen molar-refractivity contribution < 1.29 is 18.0 Å². The van der Waals surface area contributed by atoms with E-state index in [9.17, 15) is 18.0 Å². The zero-order valence-electron chi connectivity index (χ0n) is 14.6. The van der Waals surface area contributed by atoms with Gasteiger partial charge in [-0.25, -0.2) is 0 Å².